The summed E-state index contributed by atoms with van der Waals surface area (Å²) in [5, 5.41) is 18.2. The zero-order valence-corrected chi connectivity index (χ0v) is 4.85. The molecule has 10 heavy (non-hydrogen) atoms. The highest BCUT2D eigenvalue weighted by Gasteiger charge is 2.03. The van der Waals surface area contributed by atoms with Crippen molar-refractivity contribution < 1.29 is 15.2 Å². The third-order valence-corrected chi connectivity index (χ3v) is 0.462. The van der Waals surface area contributed by atoms with Crippen molar-refractivity contribution >= 4 is 12.0 Å². The molecule has 0 heterocycles. The lowest BCUT2D eigenvalue weighted by atomic mass is 11.0. The molecule has 0 aromatic heterocycles. The summed E-state index contributed by atoms with van der Waals surface area (Å²) in [4.78, 5) is 10.1. The maximum absolute atomic E-state index is 10.1. The number of hydrogen-bond donors (Lipinski definition) is 5. The quantitative estimate of drug-likeness (QED) is 0.127. The summed E-state index contributed by atoms with van der Waals surface area (Å²) in [6.45, 7) is 0. The number of guanidine groups is 1. The number of hydrazone groups is 1. The van der Waals surface area contributed by atoms with Crippen LogP contribution in [0.2, 0.25) is 0 Å². The number of nitrogens with two attached hydrogens (primary N) is 2. The fraction of sp³-hybridized carbons (Fsp3) is 0. The van der Waals surface area contributed by atoms with Crippen molar-refractivity contribution in [2.45, 2.75) is 0 Å². The van der Waals surface area contributed by atoms with Gasteiger partial charge < -0.3 is 11.5 Å². The molecule has 0 rings (SSSR count). The first-order valence-corrected chi connectivity index (χ1v) is 2.10. The molecule has 0 unspecified atom stereocenters. The molecule has 0 aromatic carbocycles. The van der Waals surface area contributed by atoms with Crippen LogP contribution in [0.3, 0.4) is 0 Å². The average molecular weight is 149 g/mol. The summed E-state index contributed by atoms with van der Waals surface area (Å²) in [5.74, 6) is -0.393. The molecular formula is C2H7N5O3. The van der Waals surface area contributed by atoms with Gasteiger partial charge in [-0.3, -0.25) is 10.4 Å². The Bertz CT molecular complexity index is 149. The molecule has 0 bridgehead atoms. The average Bonchev–Trinajstić information content (AvgIpc) is 1.82. The van der Waals surface area contributed by atoms with Crippen molar-refractivity contribution in [2.75, 3.05) is 0 Å². The smallest absolute Gasteiger partial charge is 0.369 e. The van der Waals surface area contributed by atoms with Crippen LogP contribution in [0.15, 0.2) is 5.10 Å². The van der Waals surface area contributed by atoms with Gasteiger partial charge in [0.25, 0.3) is 0 Å². The van der Waals surface area contributed by atoms with E-state index in [4.69, 9.17) is 21.9 Å². The summed E-state index contributed by atoms with van der Waals surface area (Å²) >= 11 is 0. The number of carbonyl (C=O) groups is 1. The highest BCUT2D eigenvalue weighted by atomic mass is 16.8. The van der Waals surface area contributed by atoms with Crippen molar-refractivity contribution in [3.05, 3.63) is 0 Å². The van der Waals surface area contributed by atoms with E-state index >= 15 is 0 Å². The number of urea groups is 1. The van der Waals surface area contributed by atoms with Gasteiger partial charge in [0, 0.05) is 0 Å². The number of hydrogen-bond acceptors (Lipinski definition) is 4. The normalized spacial score (nSPS) is 8.20. The van der Waals surface area contributed by atoms with Crippen molar-refractivity contribution in [2.24, 2.45) is 16.6 Å². The Kier molecular flexibility index (Phi) is 2.94. The van der Waals surface area contributed by atoms with Crippen molar-refractivity contribution in [3.8, 4) is 0 Å². The molecular weight excluding hydrogens is 142 g/mol. The molecule has 0 saturated carbocycles. The maximum Gasteiger partial charge on any atom is 0.387 e. The van der Waals surface area contributed by atoms with Crippen LogP contribution in [0.5, 0.6) is 0 Å². The van der Waals surface area contributed by atoms with Crippen LogP contribution < -0.4 is 16.9 Å². The van der Waals surface area contributed by atoms with Crippen molar-refractivity contribution in [1.82, 2.24) is 10.7 Å². The van der Waals surface area contributed by atoms with Gasteiger partial charge in [-0.1, -0.05) is 5.23 Å². The molecule has 0 spiro atoms. The fourth-order valence-corrected chi connectivity index (χ4v) is 0.157. The first kappa shape index (κ1) is 8.46. The first-order valence-electron chi connectivity index (χ1n) is 2.10. The van der Waals surface area contributed by atoms with E-state index in [2.05, 4.69) is 5.10 Å². The van der Waals surface area contributed by atoms with E-state index in [0.29, 0.717) is 0 Å². The highest BCUT2D eigenvalue weighted by molar-refractivity contribution is 5.78. The van der Waals surface area contributed by atoms with Gasteiger partial charge in [0.1, 0.15) is 0 Å². The Morgan fingerprint density at radius 3 is 2.30 bits per heavy atom. The molecule has 0 aromatic rings. The van der Waals surface area contributed by atoms with Gasteiger partial charge in [-0.15, -0.1) is 5.10 Å². The molecule has 8 heteroatoms. The van der Waals surface area contributed by atoms with E-state index in [9.17, 15) is 4.79 Å². The molecule has 0 aliphatic rings. The molecule has 2 amide bonds. The van der Waals surface area contributed by atoms with Gasteiger partial charge >= 0.3 is 6.03 Å². The third-order valence-electron chi connectivity index (χ3n) is 0.462. The number of amides is 2. The molecule has 58 valence electrons. The van der Waals surface area contributed by atoms with E-state index in [1.54, 1.807) is 5.43 Å². The van der Waals surface area contributed by atoms with Crippen LogP contribution >= 0.6 is 0 Å². The van der Waals surface area contributed by atoms with E-state index in [0.717, 1.165) is 0 Å². The second kappa shape index (κ2) is 3.48. The molecule has 7 N–H and O–H groups in total. The fourth-order valence-electron chi connectivity index (χ4n) is 0.157. The van der Waals surface area contributed by atoms with Crippen LogP contribution in [0.1, 0.15) is 0 Å². The molecule has 0 aliphatic heterocycles. The van der Waals surface area contributed by atoms with Gasteiger partial charge in [0.2, 0.25) is 5.96 Å². The molecule has 0 radical (unpaired) electrons. The standard InChI is InChI=1S/C2H7N5O3/c3-1(4)5-6-2(8)7(9)10/h9-10H,(H,6,8)(H4,3,4,5). The van der Waals surface area contributed by atoms with E-state index < -0.39 is 17.2 Å². The van der Waals surface area contributed by atoms with Crippen LogP contribution in [-0.4, -0.2) is 27.6 Å². The minimum absolute atomic E-state index is 0.393. The minimum Gasteiger partial charge on any atom is -0.369 e. The van der Waals surface area contributed by atoms with Crippen molar-refractivity contribution in [3.63, 3.8) is 0 Å². The zero-order valence-electron chi connectivity index (χ0n) is 4.85. The molecule has 8 nitrogen and oxygen atoms in total. The predicted octanol–water partition coefficient (Wildman–Crippen LogP) is -2.04. The number of rotatable bonds is 1. The summed E-state index contributed by atoms with van der Waals surface area (Å²) in [6, 6.07) is -1.26. The van der Waals surface area contributed by atoms with E-state index in [1.165, 1.54) is 0 Å². The first-order chi connectivity index (χ1) is 4.54. The Labute approximate surface area is 55.6 Å². The van der Waals surface area contributed by atoms with Crippen LogP contribution in [0.4, 0.5) is 4.79 Å². The molecule has 0 fully saturated rings. The second-order valence-corrected chi connectivity index (χ2v) is 1.24. The number of carbonyl (C=O) groups excluding carboxylic acids is 1. The topological polar surface area (TPSA) is 137 Å². The number of nitrogens with zero attached hydrogens (tertiary/aromatic N) is 2. The van der Waals surface area contributed by atoms with Crippen LogP contribution in [0.25, 0.3) is 0 Å². The zero-order chi connectivity index (χ0) is 8.15. The third kappa shape index (κ3) is 3.46. The SMILES string of the molecule is NC(N)=NNC(=O)N(O)O. The van der Waals surface area contributed by atoms with Crippen LogP contribution in [-0.2, 0) is 0 Å². The summed E-state index contributed by atoms with van der Waals surface area (Å²) in [7, 11) is 0. The van der Waals surface area contributed by atoms with E-state index in [1.807, 2.05) is 0 Å². The lowest BCUT2D eigenvalue weighted by Crippen LogP contribution is -2.35. The van der Waals surface area contributed by atoms with Gasteiger partial charge in [0.15, 0.2) is 0 Å². The Hall–Kier alpha value is -1.54. The van der Waals surface area contributed by atoms with Gasteiger partial charge in [0.05, 0.1) is 0 Å². The Morgan fingerprint density at radius 1 is 1.50 bits per heavy atom. The van der Waals surface area contributed by atoms with E-state index in [-0.39, 0.29) is 0 Å². The predicted molar refractivity (Wildman–Crippen MR) is 29.8 cm³/mol. The second-order valence-electron chi connectivity index (χ2n) is 1.24. The Balaban J connectivity index is 3.71. The highest BCUT2D eigenvalue weighted by Crippen LogP contribution is 1.73. The molecule has 0 saturated heterocycles. The van der Waals surface area contributed by atoms with Gasteiger partial charge in [-0.05, 0) is 0 Å². The Morgan fingerprint density at radius 2 is 2.00 bits per heavy atom. The largest absolute Gasteiger partial charge is 0.387 e. The molecule has 0 aliphatic carbocycles. The lowest BCUT2D eigenvalue weighted by molar-refractivity contribution is -0.258. The van der Waals surface area contributed by atoms with Crippen molar-refractivity contribution in [1.29, 1.82) is 0 Å². The lowest BCUT2D eigenvalue weighted by Gasteiger charge is -2.02. The monoisotopic (exact) mass is 149 g/mol. The van der Waals surface area contributed by atoms with Gasteiger partial charge in [-0.2, -0.15) is 0 Å². The molecule has 0 atom stereocenters. The number of nitrogens with one attached hydrogen (secondary N) is 1. The minimum atomic E-state index is -1.26. The number of hydroxylamine groups is 2. The summed E-state index contributed by atoms with van der Waals surface area (Å²) in [6.07, 6.45) is 0. The van der Waals surface area contributed by atoms with Gasteiger partial charge in [-0.25, -0.2) is 10.2 Å². The van der Waals surface area contributed by atoms with Crippen LogP contribution in [0, 0.1) is 0 Å². The summed E-state index contributed by atoms with van der Waals surface area (Å²) < 4.78 is 0. The summed E-state index contributed by atoms with van der Waals surface area (Å²) in [5.41, 5.74) is 11.2. The maximum atomic E-state index is 10.1.